The third kappa shape index (κ3) is 3.12. The molecule has 1 aliphatic carbocycles. The summed E-state index contributed by atoms with van der Waals surface area (Å²) in [6.45, 7) is 1.97. The Morgan fingerprint density at radius 1 is 1.38 bits per heavy atom. The molecule has 0 bridgehead atoms. The van der Waals surface area contributed by atoms with Crippen LogP contribution < -0.4 is 0 Å². The lowest BCUT2D eigenvalue weighted by Crippen LogP contribution is -2.57. The van der Waals surface area contributed by atoms with E-state index in [0.29, 0.717) is 6.42 Å². The first kappa shape index (κ1) is 17.8. The van der Waals surface area contributed by atoms with Crippen molar-refractivity contribution in [3.8, 4) is 0 Å². The van der Waals surface area contributed by atoms with Gasteiger partial charge in [0.25, 0.3) is 10.0 Å². The Labute approximate surface area is 146 Å². The molecule has 1 saturated heterocycles. The van der Waals surface area contributed by atoms with Gasteiger partial charge < -0.3 is 10.2 Å². The molecule has 1 aromatic rings. The van der Waals surface area contributed by atoms with Crippen molar-refractivity contribution in [2.75, 3.05) is 13.1 Å². The number of hydrogen-bond donors (Lipinski definition) is 2. The number of aliphatic hydroxyl groups is 1. The van der Waals surface area contributed by atoms with Crippen molar-refractivity contribution in [3.63, 3.8) is 0 Å². The van der Waals surface area contributed by atoms with Gasteiger partial charge in [0.05, 0.1) is 6.10 Å². The van der Waals surface area contributed by atoms with Gasteiger partial charge in [0, 0.05) is 18.0 Å². The maximum absolute atomic E-state index is 12.9. The van der Waals surface area contributed by atoms with Gasteiger partial charge in [-0.3, -0.25) is 4.79 Å². The van der Waals surface area contributed by atoms with E-state index in [0.717, 1.165) is 24.1 Å². The quantitative estimate of drug-likeness (QED) is 0.795. The lowest BCUT2D eigenvalue weighted by molar-refractivity contribution is -0.162. The van der Waals surface area contributed by atoms with Crippen LogP contribution >= 0.6 is 11.3 Å². The monoisotopic (exact) mass is 373 g/mol. The highest BCUT2D eigenvalue weighted by atomic mass is 32.2. The number of thiophene rings is 1. The molecule has 2 fully saturated rings. The van der Waals surface area contributed by atoms with E-state index < -0.39 is 27.5 Å². The average molecular weight is 373 g/mol. The van der Waals surface area contributed by atoms with E-state index in [1.165, 1.54) is 15.6 Å². The van der Waals surface area contributed by atoms with Crippen LogP contribution in [0.4, 0.5) is 0 Å². The minimum absolute atomic E-state index is 0.151. The predicted octanol–water partition coefficient (Wildman–Crippen LogP) is 1.94. The van der Waals surface area contributed by atoms with Crippen LogP contribution in [0.2, 0.25) is 0 Å². The number of sulfonamides is 1. The van der Waals surface area contributed by atoms with E-state index >= 15 is 0 Å². The fourth-order valence-electron chi connectivity index (χ4n) is 3.40. The van der Waals surface area contributed by atoms with E-state index in [-0.39, 0.29) is 29.6 Å². The molecule has 24 heavy (non-hydrogen) atoms. The molecule has 134 valence electrons. The third-order valence-electron chi connectivity index (χ3n) is 5.10. The Bertz CT molecular complexity index is 725. The zero-order valence-electron chi connectivity index (χ0n) is 13.6. The molecule has 0 radical (unpaired) electrons. The summed E-state index contributed by atoms with van der Waals surface area (Å²) in [6.07, 6.45) is 2.18. The predicted molar refractivity (Wildman–Crippen MR) is 90.5 cm³/mol. The molecule has 0 amide bonds. The highest BCUT2D eigenvalue weighted by Gasteiger charge is 2.53. The van der Waals surface area contributed by atoms with Gasteiger partial charge >= 0.3 is 5.97 Å². The summed E-state index contributed by atoms with van der Waals surface area (Å²) in [4.78, 5) is 12.9. The van der Waals surface area contributed by atoms with Gasteiger partial charge in [-0.2, -0.15) is 4.31 Å². The molecule has 2 aliphatic rings. The van der Waals surface area contributed by atoms with Gasteiger partial charge in [-0.1, -0.05) is 19.8 Å². The molecular weight excluding hydrogens is 350 g/mol. The molecular formula is C16H23NO5S2. The molecule has 0 spiro atoms. The largest absolute Gasteiger partial charge is 0.481 e. The summed E-state index contributed by atoms with van der Waals surface area (Å²) in [5.74, 6) is -0.811. The van der Waals surface area contributed by atoms with Crippen molar-refractivity contribution in [1.29, 1.82) is 0 Å². The minimum atomic E-state index is -3.72. The van der Waals surface area contributed by atoms with E-state index in [4.69, 9.17) is 0 Å². The summed E-state index contributed by atoms with van der Waals surface area (Å²) >= 11 is 1.23. The van der Waals surface area contributed by atoms with E-state index in [2.05, 4.69) is 0 Å². The normalized spacial score (nSPS) is 28.8. The standard InChI is InChI=1S/C16H23NO5S2/c1-2-12-5-6-14(23-12)24(21,22)17-8-7-13(18)16(10-17,15(19)20)9-11-3-4-11/h5-6,11,13,18H,2-4,7-10H2,1H3,(H,19,20)/t13-,16-/m0/s1. The first-order valence-electron chi connectivity index (χ1n) is 8.30. The second kappa shape index (κ2) is 6.40. The van der Waals surface area contributed by atoms with Crippen LogP contribution in [0.1, 0.15) is 37.5 Å². The summed E-state index contributed by atoms with van der Waals surface area (Å²) in [7, 11) is -3.72. The zero-order chi connectivity index (χ0) is 17.5. The number of carboxylic acid groups (broad SMARTS) is 1. The maximum atomic E-state index is 12.9. The molecule has 0 unspecified atom stereocenters. The van der Waals surface area contributed by atoms with Crippen LogP contribution in [0.15, 0.2) is 16.3 Å². The number of aryl methyl sites for hydroxylation is 1. The van der Waals surface area contributed by atoms with Crippen molar-refractivity contribution in [1.82, 2.24) is 4.31 Å². The minimum Gasteiger partial charge on any atom is -0.481 e. The maximum Gasteiger partial charge on any atom is 0.313 e. The van der Waals surface area contributed by atoms with Crippen LogP contribution in [0.5, 0.6) is 0 Å². The number of piperidine rings is 1. The fraction of sp³-hybridized carbons (Fsp3) is 0.688. The SMILES string of the molecule is CCc1ccc(S(=O)(=O)N2CC[C@H](O)[C@@](CC3CC3)(C(=O)O)C2)s1. The van der Waals surface area contributed by atoms with Crippen LogP contribution in [0, 0.1) is 11.3 Å². The fourth-order valence-corrected chi connectivity index (χ4v) is 6.37. The number of nitrogens with zero attached hydrogens (tertiary/aromatic N) is 1. The van der Waals surface area contributed by atoms with E-state index in [1.54, 1.807) is 12.1 Å². The Hall–Kier alpha value is -0.960. The zero-order valence-corrected chi connectivity index (χ0v) is 15.3. The number of aliphatic hydroxyl groups excluding tert-OH is 1. The van der Waals surface area contributed by atoms with Gasteiger partial charge in [0.15, 0.2) is 0 Å². The van der Waals surface area contributed by atoms with Gasteiger partial charge in [0.2, 0.25) is 0 Å². The van der Waals surface area contributed by atoms with Crippen LogP contribution in [0.25, 0.3) is 0 Å². The average Bonchev–Trinajstić information content (AvgIpc) is 3.21. The number of carboxylic acids is 1. The topological polar surface area (TPSA) is 94.9 Å². The molecule has 6 nitrogen and oxygen atoms in total. The number of rotatable bonds is 6. The smallest absolute Gasteiger partial charge is 0.313 e. The first-order chi connectivity index (χ1) is 11.3. The highest BCUT2D eigenvalue weighted by Crippen LogP contribution is 2.46. The van der Waals surface area contributed by atoms with Crippen LogP contribution in [0.3, 0.4) is 0 Å². The number of carbonyl (C=O) groups is 1. The molecule has 2 heterocycles. The molecule has 1 saturated carbocycles. The van der Waals surface area contributed by atoms with E-state index in [9.17, 15) is 23.4 Å². The first-order valence-corrected chi connectivity index (χ1v) is 10.6. The van der Waals surface area contributed by atoms with Crippen LogP contribution in [-0.4, -0.2) is 48.1 Å². The van der Waals surface area contributed by atoms with E-state index in [1.807, 2.05) is 6.92 Å². The van der Waals surface area contributed by atoms with Crippen molar-refractivity contribution < 1.29 is 23.4 Å². The van der Waals surface area contributed by atoms with Crippen LogP contribution in [-0.2, 0) is 21.2 Å². The molecule has 1 aromatic heterocycles. The molecule has 2 atom stereocenters. The van der Waals surface area contributed by atoms with Gasteiger partial charge in [0.1, 0.15) is 9.62 Å². The summed E-state index contributed by atoms with van der Waals surface area (Å²) < 4.78 is 27.3. The molecule has 2 N–H and O–H groups in total. The summed E-state index contributed by atoms with van der Waals surface area (Å²) in [5, 5.41) is 20.1. The lowest BCUT2D eigenvalue weighted by atomic mass is 9.74. The second-order valence-corrected chi connectivity index (χ2v) is 10.2. The Morgan fingerprint density at radius 2 is 2.08 bits per heavy atom. The number of aliphatic carboxylic acids is 1. The van der Waals surface area contributed by atoms with Crippen molar-refractivity contribution in [3.05, 3.63) is 17.0 Å². The molecule has 0 aromatic carbocycles. The number of hydrogen-bond acceptors (Lipinski definition) is 5. The Balaban J connectivity index is 1.89. The van der Waals surface area contributed by atoms with Crippen molar-refractivity contribution in [2.45, 2.75) is 49.3 Å². The highest BCUT2D eigenvalue weighted by molar-refractivity contribution is 7.91. The van der Waals surface area contributed by atoms with Gasteiger partial charge in [-0.15, -0.1) is 11.3 Å². The Kier molecular flexibility index (Phi) is 4.76. The lowest BCUT2D eigenvalue weighted by Gasteiger charge is -2.42. The van der Waals surface area contributed by atoms with Crippen molar-refractivity contribution >= 4 is 27.3 Å². The van der Waals surface area contributed by atoms with Crippen molar-refractivity contribution in [2.24, 2.45) is 11.3 Å². The summed E-state index contributed by atoms with van der Waals surface area (Å²) in [5.41, 5.74) is -1.39. The summed E-state index contributed by atoms with van der Waals surface area (Å²) in [6, 6.07) is 3.39. The molecule has 1 aliphatic heterocycles. The molecule has 8 heteroatoms. The molecule has 3 rings (SSSR count). The third-order valence-corrected chi connectivity index (χ3v) is 8.65. The Morgan fingerprint density at radius 3 is 2.62 bits per heavy atom. The van der Waals surface area contributed by atoms with Gasteiger partial charge in [-0.05, 0) is 37.3 Å². The van der Waals surface area contributed by atoms with Gasteiger partial charge in [-0.25, -0.2) is 8.42 Å². The second-order valence-electron chi connectivity index (χ2n) is 6.83.